The first kappa shape index (κ1) is 18.1. The highest BCUT2D eigenvalue weighted by Crippen LogP contribution is 2.28. The third-order valence-electron chi connectivity index (χ3n) is 4.35. The Labute approximate surface area is 165 Å². The SMILES string of the molecule is Cc1ccc2c(COC(=O)c3sc(-c4ccccc4)nc3C)cc(=O)oc2c1. The minimum Gasteiger partial charge on any atom is -0.457 e. The molecule has 6 heteroatoms. The maximum absolute atomic E-state index is 12.6. The Hall–Kier alpha value is -3.25. The fourth-order valence-electron chi connectivity index (χ4n) is 2.96. The van der Waals surface area contributed by atoms with Crippen molar-refractivity contribution in [2.24, 2.45) is 0 Å². The number of carbonyl (C=O) groups is 1. The van der Waals surface area contributed by atoms with Crippen molar-refractivity contribution in [2.45, 2.75) is 20.5 Å². The zero-order valence-electron chi connectivity index (χ0n) is 15.4. The number of esters is 1. The van der Waals surface area contributed by atoms with E-state index in [-0.39, 0.29) is 6.61 Å². The largest absolute Gasteiger partial charge is 0.457 e. The number of rotatable bonds is 4. The van der Waals surface area contributed by atoms with Crippen LogP contribution < -0.4 is 5.63 Å². The smallest absolute Gasteiger partial charge is 0.350 e. The number of hydrogen-bond acceptors (Lipinski definition) is 6. The molecule has 4 rings (SSSR count). The molecule has 0 bridgehead atoms. The lowest BCUT2D eigenvalue weighted by molar-refractivity contribution is 0.0478. The fourth-order valence-corrected chi connectivity index (χ4v) is 3.92. The summed E-state index contributed by atoms with van der Waals surface area (Å²) < 4.78 is 10.7. The summed E-state index contributed by atoms with van der Waals surface area (Å²) in [6, 6.07) is 16.6. The Bertz CT molecular complexity index is 1220. The highest BCUT2D eigenvalue weighted by Gasteiger charge is 2.18. The fraction of sp³-hybridized carbons (Fsp3) is 0.136. The van der Waals surface area contributed by atoms with Gasteiger partial charge < -0.3 is 9.15 Å². The van der Waals surface area contributed by atoms with Crippen molar-refractivity contribution in [3.05, 3.63) is 86.7 Å². The molecule has 5 nitrogen and oxygen atoms in total. The lowest BCUT2D eigenvalue weighted by Gasteiger charge is -2.07. The molecule has 140 valence electrons. The van der Waals surface area contributed by atoms with Crippen LogP contribution in [-0.4, -0.2) is 11.0 Å². The molecular formula is C22H17NO4S. The number of thiazole rings is 1. The maximum Gasteiger partial charge on any atom is 0.350 e. The Balaban J connectivity index is 1.58. The summed E-state index contributed by atoms with van der Waals surface area (Å²) in [6.07, 6.45) is 0. The molecule has 4 aromatic rings. The highest BCUT2D eigenvalue weighted by atomic mass is 32.1. The Morgan fingerprint density at radius 2 is 1.89 bits per heavy atom. The van der Waals surface area contributed by atoms with Gasteiger partial charge in [-0.15, -0.1) is 11.3 Å². The number of fused-ring (bicyclic) bond motifs is 1. The van der Waals surface area contributed by atoms with Gasteiger partial charge in [-0.05, 0) is 25.5 Å². The van der Waals surface area contributed by atoms with Crippen molar-refractivity contribution in [3.8, 4) is 10.6 Å². The van der Waals surface area contributed by atoms with Crippen molar-refractivity contribution in [1.29, 1.82) is 0 Å². The summed E-state index contributed by atoms with van der Waals surface area (Å²) in [5, 5.41) is 1.52. The van der Waals surface area contributed by atoms with E-state index in [1.54, 1.807) is 13.0 Å². The van der Waals surface area contributed by atoms with E-state index in [0.29, 0.717) is 21.7 Å². The van der Waals surface area contributed by atoms with E-state index < -0.39 is 11.6 Å². The molecule has 0 amide bonds. The second-order valence-electron chi connectivity index (χ2n) is 6.47. The quantitative estimate of drug-likeness (QED) is 0.366. The van der Waals surface area contributed by atoms with Crippen molar-refractivity contribution in [2.75, 3.05) is 0 Å². The van der Waals surface area contributed by atoms with E-state index in [9.17, 15) is 9.59 Å². The molecule has 28 heavy (non-hydrogen) atoms. The summed E-state index contributed by atoms with van der Waals surface area (Å²) in [5.41, 5.74) is 3.20. The van der Waals surface area contributed by atoms with E-state index in [2.05, 4.69) is 4.98 Å². The molecule has 0 N–H and O–H groups in total. The molecule has 0 spiro atoms. The molecule has 0 aliphatic carbocycles. The van der Waals surface area contributed by atoms with Gasteiger partial charge in [-0.25, -0.2) is 14.6 Å². The van der Waals surface area contributed by atoms with Gasteiger partial charge in [0, 0.05) is 22.6 Å². The monoisotopic (exact) mass is 391 g/mol. The van der Waals surface area contributed by atoms with Gasteiger partial charge in [0.15, 0.2) is 0 Å². The van der Waals surface area contributed by atoms with Gasteiger partial charge >= 0.3 is 11.6 Å². The number of aromatic nitrogens is 1. The third-order valence-corrected chi connectivity index (χ3v) is 5.53. The predicted molar refractivity (Wildman–Crippen MR) is 109 cm³/mol. The van der Waals surface area contributed by atoms with Crippen molar-refractivity contribution >= 4 is 28.3 Å². The van der Waals surface area contributed by atoms with Crippen molar-refractivity contribution < 1.29 is 13.9 Å². The molecule has 0 atom stereocenters. The number of carbonyl (C=O) groups excluding carboxylic acids is 1. The molecule has 0 radical (unpaired) electrons. The van der Waals surface area contributed by atoms with Gasteiger partial charge in [0.1, 0.15) is 22.1 Å². The van der Waals surface area contributed by atoms with Crippen LogP contribution in [0.25, 0.3) is 21.5 Å². The van der Waals surface area contributed by atoms with E-state index in [1.807, 2.05) is 49.4 Å². The molecular weight excluding hydrogens is 374 g/mol. The molecule has 0 saturated carbocycles. The second-order valence-corrected chi connectivity index (χ2v) is 7.47. The summed E-state index contributed by atoms with van der Waals surface area (Å²) in [7, 11) is 0. The van der Waals surface area contributed by atoms with Gasteiger partial charge in [-0.3, -0.25) is 0 Å². The molecule has 2 aromatic heterocycles. The van der Waals surface area contributed by atoms with Crippen LogP contribution in [0.5, 0.6) is 0 Å². The third kappa shape index (κ3) is 3.59. The first-order valence-electron chi connectivity index (χ1n) is 8.74. The average Bonchev–Trinajstić information content (AvgIpc) is 3.08. The summed E-state index contributed by atoms with van der Waals surface area (Å²) >= 11 is 1.30. The summed E-state index contributed by atoms with van der Waals surface area (Å²) in [4.78, 5) is 29.4. The van der Waals surface area contributed by atoms with Crippen LogP contribution in [0.3, 0.4) is 0 Å². The lowest BCUT2D eigenvalue weighted by Crippen LogP contribution is -2.07. The zero-order valence-corrected chi connectivity index (χ0v) is 16.2. The number of nitrogens with zero attached hydrogens (tertiary/aromatic N) is 1. The van der Waals surface area contributed by atoms with Crippen LogP contribution >= 0.6 is 11.3 Å². The van der Waals surface area contributed by atoms with Crippen LogP contribution in [0, 0.1) is 13.8 Å². The molecule has 2 aromatic carbocycles. The Morgan fingerprint density at radius 1 is 1.11 bits per heavy atom. The molecule has 0 aliphatic rings. The van der Waals surface area contributed by atoms with Crippen LogP contribution in [0.4, 0.5) is 0 Å². The Kier molecular flexibility index (Phi) is 4.79. The standard InChI is InChI=1S/C22H17NO4S/c1-13-8-9-17-16(11-19(24)27-18(17)10-13)12-26-22(25)20-14(2)23-21(28-20)15-6-4-3-5-7-15/h3-11H,12H2,1-2H3. The first-order chi connectivity index (χ1) is 13.5. The zero-order chi connectivity index (χ0) is 19.7. The second kappa shape index (κ2) is 7.40. The van der Waals surface area contributed by atoms with Gasteiger partial charge in [0.2, 0.25) is 0 Å². The van der Waals surface area contributed by atoms with Gasteiger partial charge in [-0.2, -0.15) is 0 Å². The van der Waals surface area contributed by atoms with Gasteiger partial charge in [0.25, 0.3) is 0 Å². The topological polar surface area (TPSA) is 69.4 Å². The van der Waals surface area contributed by atoms with E-state index in [4.69, 9.17) is 9.15 Å². The molecule has 0 fully saturated rings. The number of benzene rings is 2. The number of aryl methyl sites for hydroxylation is 2. The average molecular weight is 391 g/mol. The van der Waals surface area contributed by atoms with Crippen LogP contribution in [-0.2, 0) is 11.3 Å². The maximum atomic E-state index is 12.6. The van der Waals surface area contributed by atoms with E-state index in [1.165, 1.54) is 17.4 Å². The Morgan fingerprint density at radius 3 is 2.68 bits per heavy atom. The van der Waals surface area contributed by atoms with Crippen LogP contribution in [0.1, 0.15) is 26.5 Å². The van der Waals surface area contributed by atoms with Crippen LogP contribution in [0.15, 0.2) is 63.8 Å². The minimum atomic E-state index is -0.468. The first-order valence-corrected chi connectivity index (χ1v) is 9.56. The van der Waals surface area contributed by atoms with Gasteiger partial charge in [-0.1, -0.05) is 42.5 Å². The lowest BCUT2D eigenvalue weighted by atomic mass is 10.1. The number of ether oxygens (including phenoxy) is 1. The number of hydrogen-bond donors (Lipinski definition) is 0. The van der Waals surface area contributed by atoms with Crippen LogP contribution in [0.2, 0.25) is 0 Å². The molecule has 0 unspecified atom stereocenters. The van der Waals surface area contributed by atoms with Gasteiger partial charge in [0.05, 0.1) is 5.69 Å². The van der Waals surface area contributed by atoms with E-state index >= 15 is 0 Å². The summed E-state index contributed by atoms with van der Waals surface area (Å²) in [5.74, 6) is -0.453. The van der Waals surface area contributed by atoms with E-state index in [0.717, 1.165) is 21.5 Å². The molecule has 0 saturated heterocycles. The molecule has 0 aliphatic heterocycles. The van der Waals surface area contributed by atoms with Crippen molar-refractivity contribution in [3.63, 3.8) is 0 Å². The summed E-state index contributed by atoms with van der Waals surface area (Å²) in [6.45, 7) is 3.69. The minimum absolute atomic E-state index is 0.0119. The van der Waals surface area contributed by atoms with Crippen molar-refractivity contribution in [1.82, 2.24) is 4.98 Å². The normalized spacial score (nSPS) is 10.9. The highest BCUT2D eigenvalue weighted by molar-refractivity contribution is 7.17. The molecule has 2 heterocycles. The predicted octanol–water partition coefficient (Wildman–Crippen LogP) is 4.89.